The van der Waals surface area contributed by atoms with Gasteiger partial charge in [0.15, 0.2) is 0 Å². The van der Waals surface area contributed by atoms with Gasteiger partial charge in [-0.15, -0.1) is 0 Å². The van der Waals surface area contributed by atoms with Crippen molar-refractivity contribution < 1.29 is 9.59 Å². The van der Waals surface area contributed by atoms with E-state index in [0.29, 0.717) is 29.3 Å². The molecule has 0 aliphatic rings. The minimum absolute atomic E-state index is 0.0102. The lowest BCUT2D eigenvalue weighted by atomic mass is 9.86. The summed E-state index contributed by atoms with van der Waals surface area (Å²) >= 11 is 12.4. The molecule has 6 heteroatoms. The van der Waals surface area contributed by atoms with E-state index in [9.17, 15) is 9.59 Å². The van der Waals surface area contributed by atoms with Gasteiger partial charge in [-0.05, 0) is 60.9 Å². The van der Waals surface area contributed by atoms with E-state index in [1.165, 1.54) is 5.56 Å². The quantitative estimate of drug-likeness (QED) is 0.432. The van der Waals surface area contributed by atoms with Crippen molar-refractivity contribution in [2.24, 2.45) is 0 Å². The lowest BCUT2D eigenvalue weighted by Crippen LogP contribution is -2.50. The molecule has 0 bridgehead atoms. The zero-order chi connectivity index (χ0) is 24.8. The standard InChI is InChI=1S/C27H36Cl2N2O2/c1-7-24(26(33)30-18(2)3)31(17-20-11-14-22(28)16-23(20)29)25(32)15-10-19-8-12-21(13-9-19)27(4,5)6/h8-9,11-14,16,18,24H,7,10,15,17H2,1-6H3,(H,30,33). The number of benzene rings is 2. The number of carbonyl (C=O) groups excluding carboxylic acids is 2. The first-order valence-corrected chi connectivity index (χ1v) is 12.3. The summed E-state index contributed by atoms with van der Waals surface area (Å²) in [4.78, 5) is 27.9. The largest absolute Gasteiger partial charge is 0.352 e. The van der Waals surface area contributed by atoms with Gasteiger partial charge in [-0.3, -0.25) is 9.59 Å². The van der Waals surface area contributed by atoms with Crippen molar-refractivity contribution in [3.63, 3.8) is 0 Å². The van der Waals surface area contributed by atoms with E-state index in [1.54, 1.807) is 17.0 Å². The first-order chi connectivity index (χ1) is 15.4. The molecular weight excluding hydrogens is 455 g/mol. The summed E-state index contributed by atoms with van der Waals surface area (Å²) in [5.74, 6) is -0.230. The Kier molecular flexibility index (Phi) is 9.81. The second-order valence-corrected chi connectivity index (χ2v) is 10.6. The molecule has 0 aliphatic heterocycles. The maximum atomic E-state index is 13.4. The molecule has 0 aromatic heterocycles. The fraction of sp³-hybridized carbons (Fsp3) is 0.481. The molecule has 0 radical (unpaired) electrons. The second kappa shape index (κ2) is 11.9. The molecule has 2 rings (SSSR count). The predicted molar refractivity (Wildman–Crippen MR) is 138 cm³/mol. The van der Waals surface area contributed by atoms with Crippen molar-refractivity contribution in [3.8, 4) is 0 Å². The van der Waals surface area contributed by atoms with Crippen LogP contribution in [-0.2, 0) is 28.0 Å². The average molecular weight is 492 g/mol. The first kappa shape index (κ1) is 27.2. The van der Waals surface area contributed by atoms with E-state index >= 15 is 0 Å². The molecule has 1 atom stereocenters. The summed E-state index contributed by atoms with van der Waals surface area (Å²) < 4.78 is 0. The van der Waals surface area contributed by atoms with Gasteiger partial charge in [-0.25, -0.2) is 0 Å². The molecule has 0 heterocycles. The maximum absolute atomic E-state index is 13.4. The normalized spacial score (nSPS) is 12.5. The van der Waals surface area contributed by atoms with Crippen molar-refractivity contribution in [2.75, 3.05) is 0 Å². The van der Waals surface area contributed by atoms with Gasteiger partial charge < -0.3 is 10.2 Å². The van der Waals surface area contributed by atoms with Crippen LogP contribution >= 0.6 is 23.2 Å². The van der Waals surface area contributed by atoms with Crippen LogP contribution in [0.1, 0.15) is 71.1 Å². The lowest BCUT2D eigenvalue weighted by molar-refractivity contribution is -0.141. The Balaban J connectivity index is 2.23. The Morgan fingerprint density at radius 1 is 1.03 bits per heavy atom. The van der Waals surface area contributed by atoms with Gasteiger partial charge in [0, 0.05) is 29.1 Å². The Morgan fingerprint density at radius 2 is 1.67 bits per heavy atom. The summed E-state index contributed by atoms with van der Waals surface area (Å²) in [7, 11) is 0. The van der Waals surface area contributed by atoms with Crippen LogP contribution < -0.4 is 5.32 Å². The van der Waals surface area contributed by atoms with Crippen LogP contribution in [0.3, 0.4) is 0 Å². The van der Waals surface area contributed by atoms with E-state index in [0.717, 1.165) is 11.1 Å². The molecule has 2 aromatic rings. The molecule has 1 unspecified atom stereocenters. The van der Waals surface area contributed by atoms with Crippen molar-refractivity contribution in [2.45, 2.75) is 84.8 Å². The average Bonchev–Trinajstić information content (AvgIpc) is 2.72. The lowest BCUT2D eigenvalue weighted by Gasteiger charge is -2.31. The smallest absolute Gasteiger partial charge is 0.243 e. The van der Waals surface area contributed by atoms with E-state index < -0.39 is 6.04 Å². The van der Waals surface area contributed by atoms with E-state index in [4.69, 9.17) is 23.2 Å². The van der Waals surface area contributed by atoms with E-state index in [2.05, 4.69) is 50.4 Å². The molecule has 0 saturated heterocycles. The molecular formula is C27H36Cl2N2O2. The monoisotopic (exact) mass is 490 g/mol. The third-order valence-corrected chi connectivity index (χ3v) is 6.21. The van der Waals surface area contributed by atoms with E-state index in [1.807, 2.05) is 26.8 Å². The number of rotatable bonds is 9. The highest BCUT2D eigenvalue weighted by Crippen LogP contribution is 2.25. The van der Waals surface area contributed by atoms with Gasteiger partial charge in [0.05, 0.1) is 0 Å². The molecule has 0 saturated carbocycles. The topological polar surface area (TPSA) is 49.4 Å². The van der Waals surface area contributed by atoms with E-state index in [-0.39, 0.29) is 29.8 Å². The SMILES string of the molecule is CCC(C(=O)NC(C)C)N(Cc1ccc(Cl)cc1Cl)C(=O)CCc1ccc(C(C)(C)C)cc1. The van der Waals surface area contributed by atoms with Crippen molar-refractivity contribution >= 4 is 35.0 Å². The van der Waals surface area contributed by atoms with Gasteiger partial charge in [0.1, 0.15) is 6.04 Å². The van der Waals surface area contributed by atoms with Crippen molar-refractivity contribution in [1.29, 1.82) is 0 Å². The Morgan fingerprint density at radius 3 is 2.18 bits per heavy atom. The van der Waals surface area contributed by atoms with Gasteiger partial charge in [-0.1, -0.05) is 81.2 Å². The van der Waals surface area contributed by atoms with Gasteiger partial charge in [-0.2, -0.15) is 0 Å². The highest BCUT2D eigenvalue weighted by molar-refractivity contribution is 6.35. The third-order valence-electron chi connectivity index (χ3n) is 5.62. The molecule has 2 aromatic carbocycles. The summed E-state index contributed by atoms with van der Waals surface area (Å²) in [5, 5.41) is 3.96. The molecule has 33 heavy (non-hydrogen) atoms. The van der Waals surface area contributed by atoms with Crippen LogP contribution in [0, 0.1) is 0 Å². The van der Waals surface area contributed by atoms with Crippen LogP contribution in [0.25, 0.3) is 0 Å². The Labute approximate surface area is 208 Å². The summed E-state index contributed by atoms with van der Waals surface area (Å²) in [6.45, 7) is 12.5. The summed E-state index contributed by atoms with van der Waals surface area (Å²) in [6.07, 6.45) is 1.43. The third kappa shape index (κ3) is 8.04. The number of aryl methyl sites for hydroxylation is 1. The number of hydrogen-bond donors (Lipinski definition) is 1. The molecule has 4 nitrogen and oxygen atoms in total. The van der Waals surface area contributed by atoms with Crippen molar-refractivity contribution in [1.82, 2.24) is 10.2 Å². The van der Waals surface area contributed by atoms with Crippen LogP contribution in [-0.4, -0.2) is 28.8 Å². The predicted octanol–water partition coefficient (Wildman–Crippen LogP) is 6.56. The fourth-order valence-electron chi connectivity index (χ4n) is 3.70. The number of hydrogen-bond acceptors (Lipinski definition) is 2. The van der Waals surface area contributed by atoms with Crippen LogP contribution in [0.4, 0.5) is 0 Å². The van der Waals surface area contributed by atoms with Gasteiger partial charge >= 0.3 is 0 Å². The molecule has 1 N–H and O–H groups in total. The zero-order valence-electron chi connectivity index (χ0n) is 20.5. The van der Waals surface area contributed by atoms with Crippen LogP contribution in [0.5, 0.6) is 0 Å². The van der Waals surface area contributed by atoms with Gasteiger partial charge in [0.2, 0.25) is 11.8 Å². The maximum Gasteiger partial charge on any atom is 0.243 e. The van der Waals surface area contributed by atoms with Crippen LogP contribution in [0.15, 0.2) is 42.5 Å². The number of nitrogens with zero attached hydrogens (tertiary/aromatic N) is 1. The summed E-state index contributed by atoms with van der Waals surface area (Å²) in [6, 6.07) is 13.0. The Hall–Kier alpha value is -2.04. The molecule has 0 aliphatic carbocycles. The van der Waals surface area contributed by atoms with Gasteiger partial charge in [0.25, 0.3) is 0 Å². The molecule has 2 amide bonds. The highest BCUT2D eigenvalue weighted by atomic mass is 35.5. The summed E-state index contributed by atoms with van der Waals surface area (Å²) in [5.41, 5.74) is 3.20. The number of halogens is 2. The minimum Gasteiger partial charge on any atom is -0.352 e. The molecule has 0 fully saturated rings. The highest BCUT2D eigenvalue weighted by Gasteiger charge is 2.29. The number of amides is 2. The molecule has 0 spiro atoms. The zero-order valence-corrected chi connectivity index (χ0v) is 22.1. The van der Waals surface area contributed by atoms with Crippen LogP contribution in [0.2, 0.25) is 10.0 Å². The molecule has 180 valence electrons. The fourth-order valence-corrected chi connectivity index (χ4v) is 4.17. The first-order valence-electron chi connectivity index (χ1n) is 11.6. The number of carbonyl (C=O) groups is 2. The minimum atomic E-state index is -0.574. The Bertz CT molecular complexity index is 950. The van der Waals surface area contributed by atoms with Crippen molar-refractivity contribution in [3.05, 3.63) is 69.2 Å². The second-order valence-electron chi connectivity index (χ2n) is 9.79. The number of nitrogens with one attached hydrogen (secondary N) is 1.